The lowest BCUT2D eigenvalue weighted by molar-refractivity contribution is 0.766. The van der Waals surface area contributed by atoms with Crippen LogP contribution in [-0.2, 0) is 7.05 Å². The number of amidine groups is 1. The Morgan fingerprint density at radius 1 is 1.47 bits per heavy atom. The molecule has 0 atom stereocenters. The largest absolute Gasteiger partial charge is 0.384 e. The summed E-state index contributed by atoms with van der Waals surface area (Å²) in [7, 11) is 1.88. The first-order valence-corrected chi connectivity index (χ1v) is 5.99. The summed E-state index contributed by atoms with van der Waals surface area (Å²) < 4.78 is 1.76. The average Bonchev–Trinajstić information content (AvgIpc) is 2.63. The fourth-order valence-electron chi connectivity index (χ4n) is 1.51. The Hall–Kier alpha value is -1.75. The summed E-state index contributed by atoms with van der Waals surface area (Å²) in [6.45, 7) is 2.03. The molecule has 1 heterocycles. The van der Waals surface area contributed by atoms with Crippen molar-refractivity contribution in [1.82, 2.24) is 9.78 Å². The second kappa shape index (κ2) is 4.63. The highest BCUT2D eigenvalue weighted by Gasteiger charge is 2.08. The number of nitrogen functional groups attached to an aromatic ring is 1. The number of hydrogen-bond acceptors (Lipinski definition) is 3. The second-order valence-corrected chi connectivity index (χ2v) is 4.98. The van der Waals surface area contributed by atoms with Gasteiger partial charge in [0.25, 0.3) is 0 Å². The maximum absolute atomic E-state index is 7.56. The van der Waals surface area contributed by atoms with Crippen LogP contribution >= 0.6 is 11.8 Å². The molecule has 0 aliphatic carbocycles. The minimum atomic E-state index is 0.0939. The summed E-state index contributed by atoms with van der Waals surface area (Å²) in [6, 6.07) is 5.88. The molecule has 0 spiro atoms. The molecule has 88 valence electrons. The molecule has 4 nitrogen and oxygen atoms in total. The fraction of sp³-hybridized carbons (Fsp3) is 0.167. The number of hydrogen-bond donors (Lipinski definition) is 2. The van der Waals surface area contributed by atoms with E-state index in [4.69, 9.17) is 11.1 Å². The Labute approximate surface area is 104 Å². The Morgan fingerprint density at radius 2 is 2.24 bits per heavy atom. The van der Waals surface area contributed by atoms with Crippen LogP contribution in [0.3, 0.4) is 0 Å². The van der Waals surface area contributed by atoms with Gasteiger partial charge in [-0.25, -0.2) is 0 Å². The van der Waals surface area contributed by atoms with E-state index in [1.165, 1.54) is 0 Å². The molecule has 0 radical (unpaired) electrons. The fourth-order valence-corrected chi connectivity index (χ4v) is 2.61. The van der Waals surface area contributed by atoms with Crippen molar-refractivity contribution in [1.29, 1.82) is 5.41 Å². The maximum atomic E-state index is 7.56. The van der Waals surface area contributed by atoms with Gasteiger partial charge >= 0.3 is 0 Å². The van der Waals surface area contributed by atoms with Crippen molar-refractivity contribution in [2.45, 2.75) is 16.7 Å². The zero-order valence-corrected chi connectivity index (χ0v) is 10.6. The van der Waals surface area contributed by atoms with Gasteiger partial charge in [-0.15, -0.1) is 0 Å². The molecule has 0 unspecified atom stereocenters. The molecule has 0 bridgehead atoms. The van der Waals surface area contributed by atoms with Crippen LogP contribution in [0.4, 0.5) is 0 Å². The first kappa shape index (κ1) is 11.7. The molecule has 0 fully saturated rings. The van der Waals surface area contributed by atoms with E-state index in [1.807, 2.05) is 38.4 Å². The molecule has 0 amide bonds. The van der Waals surface area contributed by atoms with E-state index in [9.17, 15) is 0 Å². The predicted molar refractivity (Wildman–Crippen MR) is 69.5 cm³/mol. The number of nitrogens with two attached hydrogens (primary N) is 1. The topological polar surface area (TPSA) is 67.7 Å². The van der Waals surface area contributed by atoms with Crippen LogP contribution in [0.5, 0.6) is 0 Å². The number of nitrogens with zero attached hydrogens (tertiary/aromatic N) is 2. The van der Waals surface area contributed by atoms with Crippen molar-refractivity contribution in [3.05, 3.63) is 41.7 Å². The monoisotopic (exact) mass is 246 g/mol. The van der Waals surface area contributed by atoms with Gasteiger partial charge in [0.05, 0.1) is 11.1 Å². The number of aryl methyl sites for hydroxylation is 2. The zero-order valence-electron chi connectivity index (χ0n) is 9.77. The van der Waals surface area contributed by atoms with Crippen molar-refractivity contribution >= 4 is 17.6 Å². The number of aromatic nitrogens is 2. The standard InChI is InChI=1S/C12H14N4S/c1-8-3-4-10(12(13)14)11(5-8)17-9-6-15-16(2)7-9/h3-7H,1-2H3,(H3,13,14). The van der Waals surface area contributed by atoms with Crippen LogP contribution in [0.2, 0.25) is 0 Å². The molecular formula is C12H14N4S. The highest BCUT2D eigenvalue weighted by Crippen LogP contribution is 2.30. The van der Waals surface area contributed by atoms with Crippen LogP contribution < -0.4 is 5.73 Å². The Kier molecular flexibility index (Phi) is 3.19. The van der Waals surface area contributed by atoms with E-state index in [0.29, 0.717) is 0 Å². The normalized spacial score (nSPS) is 10.5. The van der Waals surface area contributed by atoms with Crippen LogP contribution in [0.25, 0.3) is 0 Å². The molecule has 0 aliphatic rings. The van der Waals surface area contributed by atoms with E-state index in [1.54, 1.807) is 22.6 Å². The molecule has 0 aliphatic heterocycles. The summed E-state index contributed by atoms with van der Waals surface area (Å²) in [5.74, 6) is 0.0939. The van der Waals surface area contributed by atoms with E-state index in [0.717, 1.165) is 20.9 Å². The molecule has 1 aromatic heterocycles. The van der Waals surface area contributed by atoms with Crippen molar-refractivity contribution in [3.63, 3.8) is 0 Å². The van der Waals surface area contributed by atoms with Gasteiger partial charge < -0.3 is 5.73 Å². The Bertz CT molecular complexity index is 559. The van der Waals surface area contributed by atoms with Gasteiger partial charge in [0, 0.05) is 23.7 Å². The van der Waals surface area contributed by atoms with E-state index in [-0.39, 0.29) is 5.84 Å². The van der Waals surface area contributed by atoms with Crippen LogP contribution in [0.15, 0.2) is 40.4 Å². The Balaban J connectivity index is 2.37. The molecule has 2 aromatic rings. The summed E-state index contributed by atoms with van der Waals surface area (Å²) in [6.07, 6.45) is 3.74. The lowest BCUT2D eigenvalue weighted by atomic mass is 10.1. The molecule has 3 N–H and O–H groups in total. The summed E-state index contributed by atoms with van der Waals surface area (Å²) in [5, 5.41) is 11.7. The van der Waals surface area contributed by atoms with Crippen molar-refractivity contribution in [2.24, 2.45) is 12.8 Å². The van der Waals surface area contributed by atoms with E-state index < -0.39 is 0 Å². The smallest absolute Gasteiger partial charge is 0.123 e. The minimum absolute atomic E-state index is 0.0939. The molecule has 5 heteroatoms. The Morgan fingerprint density at radius 3 is 2.82 bits per heavy atom. The van der Waals surface area contributed by atoms with E-state index in [2.05, 4.69) is 5.10 Å². The van der Waals surface area contributed by atoms with E-state index >= 15 is 0 Å². The third kappa shape index (κ3) is 2.68. The SMILES string of the molecule is Cc1ccc(C(=N)N)c(Sc2cnn(C)c2)c1. The van der Waals surface area contributed by atoms with Crippen molar-refractivity contribution in [2.75, 3.05) is 0 Å². The van der Waals surface area contributed by atoms with Crippen LogP contribution in [-0.4, -0.2) is 15.6 Å². The molecule has 0 saturated carbocycles. The lowest BCUT2D eigenvalue weighted by Crippen LogP contribution is -2.12. The van der Waals surface area contributed by atoms with Gasteiger partial charge in [0.2, 0.25) is 0 Å². The zero-order chi connectivity index (χ0) is 12.4. The number of benzene rings is 1. The third-order valence-corrected chi connectivity index (χ3v) is 3.34. The van der Waals surface area contributed by atoms with Gasteiger partial charge in [-0.3, -0.25) is 10.1 Å². The average molecular weight is 246 g/mol. The first-order valence-electron chi connectivity index (χ1n) is 5.18. The summed E-state index contributed by atoms with van der Waals surface area (Å²) in [4.78, 5) is 2.03. The van der Waals surface area contributed by atoms with Crippen molar-refractivity contribution in [3.8, 4) is 0 Å². The lowest BCUT2D eigenvalue weighted by Gasteiger charge is -2.07. The van der Waals surface area contributed by atoms with Gasteiger partial charge in [-0.1, -0.05) is 17.8 Å². The van der Waals surface area contributed by atoms with Crippen LogP contribution in [0.1, 0.15) is 11.1 Å². The van der Waals surface area contributed by atoms with Gasteiger partial charge in [0.1, 0.15) is 5.84 Å². The van der Waals surface area contributed by atoms with Crippen molar-refractivity contribution < 1.29 is 0 Å². The highest BCUT2D eigenvalue weighted by atomic mass is 32.2. The number of rotatable bonds is 3. The number of nitrogens with one attached hydrogen (secondary N) is 1. The molecule has 2 rings (SSSR count). The second-order valence-electron chi connectivity index (χ2n) is 3.87. The highest BCUT2D eigenvalue weighted by molar-refractivity contribution is 7.99. The molecule has 1 aromatic carbocycles. The summed E-state index contributed by atoms with van der Waals surface area (Å²) in [5.41, 5.74) is 7.49. The first-order chi connectivity index (χ1) is 8.06. The molecular weight excluding hydrogens is 232 g/mol. The molecule has 0 saturated heterocycles. The maximum Gasteiger partial charge on any atom is 0.123 e. The minimum Gasteiger partial charge on any atom is -0.384 e. The van der Waals surface area contributed by atoms with Crippen LogP contribution in [0, 0.1) is 12.3 Å². The predicted octanol–water partition coefficient (Wildman–Crippen LogP) is 2.16. The third-order valence-electron chi connectivity index (χ3n) is 2.34. The van der Waals surface area contributed by atoms with Gasteiger partial charge in [0.15, 0.2) is 0 Å². The quantitative estimate of drug-likeness (QED) is 0.644. The van der Waals surface area contributed by atoms with Gasteiger partial charge in [-0.2, -0.15) is 5.10 Å². The summed E-state index contributed by atoms with van der Waals surface area (Å²) >= 11 is 1.57. The van der Waals surface area contributed by atoms with Gasteiger partial charge in [-0.05, 0) is 24.6 Å². The molecule has 17 heavy (non-hydrogen) atoms.